The van der Waals surface area contributed by atoms with E-state index in [-0.39, 0.29) is 0 Å². The molecule has 1 aromatic heterocycles. The minimum Gasteiger partial charge on any atom is -0.305 e. The number of hydrogen-bond donors (Lipinski definition) is 0. The number of likely N-dealkylation sites (N-methyl/N-ethyl adjacent to an activating group) is 1. The Hall–Kier alpha value is -0.450. The van der Waals surface area contributed by atoms with E-state index >= 15 is 0 Å². The third-order valence-corrected chi connectivity index (χ3v) is 3.91. The number of likely N-dealkylation sites (tertiary alicyclic amines) is 1. The summed E-state index contributed by atoms with van der Waals surface area (Å²) in [5.74, 6) is 0.741. The lowest BCUT2D eigenvalue weighted by Crippen LogP contribution is -2.34. The summed E-state index contributed by atoms with van der Waals surface area (Å²) in [5, 5.41) is 0. The van der Waals surface area contributed by atoms with Crippen molar-refractivity contribution in [2.75, 3.05) is 27.2 Å². The first-order valence-electron chi connectivity index (χ1n) is 6.04. The molecular formula is C13H20BrN3. The van der Waals surface area contributed by atoms with Gasteiger partial charge in [-0.2, -0.15) is 0 Å². The summed E-state index contributed by atoms with van der Waals surface area (Å²) in [6.07, 6.45) is 3.79. The van der Waals surface area contributed by atoms with Gasteiger partial charge >= 0.3 is 0 Å². The quantitative estimate of drug-likeness (QED) is 0.853. The lowest BCUT2D eigenvalue weighted by molar-refractivity contribution is 0.250. The van der Waals surface area contributed by atoms with E-state index in [0.717, 1.165) is 23.5 Å². The monoisotopic (exact) mass is 297 g/mol. The van der Waals surface area contributed by atoms with Crippen molar-refractivity contribution >= 4 is 15.9 Å². The molecule has 4 heteroatoms. The normalized spacial score (nSPS) is 25.7. The van der Waals surface area contributed by atoms with Crippen LogP contribution in [0.25, 0.3) is 0 Å². The van der Waals surface area contributed by atoms with Gasteiger partial charge in [0.1, 0.15) is 0 Å². The van der Waals surface area contributed by atoms with Gasteiger partial charge in [-0.3, -0.25) is 9.88 Å². The number of pyridine rings is 1. The topological polar surface area (TPSA) is 19.4 Å². The summed E-state index contributed by atoms with van der Waals surface area (Å²) in [4.78, 5) is 9.07. The minimum absolute atomic E-state index is 0.676. The Kier molecular flexibility index (Phi) is 4.17. The first-order valence-corrected chi connectivity index (χ1v) is 6.84. The molecule has 2 unspecified atom stereocenters. The van der Waals surface area contributed by atoms with Crippen LogP contribution in [0.4, 0.5) is 0 Å². The van der Waals surface area contributed by atoms with Crippen LogP contribution >= 0.6 is 15.9 Å². The van der Waals surface area contributed by atoms with Gasteiger partial charge in [0.25, 0.3) is 0 Å². The fourth-order valence-electron chi connectivity index (χ4n) is 2.65. The summed E-state index contributed by atoms with van der Waals surface area (Å²) in [6.45, 7) is 5.67. The van der Waals surface area contributed by atoms with Crippen LogP contribution in [-0.2, 0) is 6.54 Å². The molecular weight excluding hydrogens is 278 g/mol. The molecule has 2 rings (SSSR count). The first kappa shape index (κ1) is 13.0. The SMILES string of the molecule is CC1CN(Cc2cncc(Br)c2)CC1N(C)C. The molecule has 1 aliphatic rings. The predicted octanol–water partition coefficient (Wildman–Crippen LogP) is 2.23. The van der Waals surface area contributed by atoms with Crippen LogP contribution in [0.5, 0.6) is 0 Å². The maximum atomic E-state index is 4.22. The summed E-state index contributed by atoms with van der Waals surface area (Å²) < 4.78 is 1.06. The summed E-state index contributed by atoms with van der Waals surface area (Å²) >= 11 is 3.47. The van der Waals surface area contributed by atoms with Gasteiger partial charge in [0, 0.05) is 42.5 Å². The fourth-order valence-corrected chi connectivity index (χ4v) is 3.06. The molecule has 1 aromatic rings. The van der Waals surface area contributed by atoms with E-state index in [1.54, 1.807) is 0 Å². The largest absolute Gasteiger partial charge is 0.305 e. The van der Waals surface area contributed by atoms with Crippen molar-refractivity contribution in [2.24, 2.45) is 5.92 Å². The van der Waals surface area contributed by atoms with Crippen LogP contribution in [-0.4, -0.2) is 48.0 Å². The highest BCUT2D eigenvalue weighted by Gasteiger charge is 2.30. The molecule has 0 N–H and O–H groups in total. The molecule has 0 saturated carbocycles. The fraction of sp³-hybridized carbons (Fsp3) is 0.615. The number of nitrogens with zero attached hydrogens (tertiary/aromatic N) is 3. The number of rotatable bonds is 3. The standard InChI is InChI=1S/C13H20BrN3/c1-10-7-17(9-13(10)16(2)3)8-11-4-12(14)6-15-5-11/h4-6,10,13H,7-9H2,1-3H3. The van der Waals surface area contributed by atoms with Gasteiger partial charge in [0.05, 0.1) is 0 Å². The van der Waals surface area contributed by atoms with Gasteiger partial charge in [-0.05, 0) is 47.6 Å². The van der Waals surface area contributed by atoms with E-state index in [1.807, 2.05) is 12.4 Å². The van der Waals surface area contributed by atoms with Gasteiger partial charge in [0.15, 0.2) is 0 Å². The summed E-state index contributed by atoms with van der Waals surface area (Å²) in [6, 6.07) is 2.83. The van der Waals surface area contributed by atoms with Crippen LogP contribution < -0.4 is 0 Å². The van der Waals surface area contributed by atoms with E-state index in [4.69, 9.17) is 0 Å². The Balaban J connectivity index is 1.97. The predicted molar refractivity (Wildman–Crippen MR) is 73.9 cm³/mol. The molecule has 0 amide bonds. The minimum atomic E-state index is 0.676. The zero-order valence-corrected chi connectivity index (χ0v) is 12.3. The van der Waals surface area contributed by atoms with Crippen molar-refractivity contribution in [1.29, 1.82) is 0 Å². The maximum absolute atomic E-state index is 4.22. The van der Waals surface area contributed by atoms with Gasteiger partial charge in [-0.15, -0.1) is 0 Å². The Morgan fingerprint density at radius 2 is 2.18 bits per heavy atom. The van der Waals surface area contributed by atoms with Crippen LogP contribution in [0.3, 0.4) is 0 Å². The van der Waals surface area contributed by atoms with Crippen LogP contribution in [0.2, 0.25) is 0 Å². The summed E-state index contributed by atoms with van der Waals surface area (Å²) in [7, 11) is 4.34. The highest BCUT2D eigenvalue weighted by Crippen LogP contribution is 2.22. The molecule has 0 bridgehead atoms. The number of aromatic nitrogens is 1. The third-order valence-electron chi connectivity index (χ3n) is 3.48. The van der Waals surface area contributed by atoms with Crippen LogP contribution in [0.1, 0.15) is 12.5 Å². The highest BCUT2D eigenvalue weighted by atomic mass is 79.9. The molecule has 94 valence electrons. The molecule has 2 heterocycles. The zero-order chi connectivity index (χ0) is 12.4. The van der Waals surface area contributed by atoms with Gasteiger partial charge in [0.2, 0.25) is 0 Å². The van der Waals surface area contributed by atoms with E-state index < -0.39 is 0 Å². The van der Waals surface area contributed by atoms with Crippen LogP contribution in [0.15, 0.2) is 22.9 Å². The summed E-state index contributed by atoms with van der Waals surface area (Å²) in [5.41, 5.74) is 1.28. The van der Waals surface area contributed by atoms with E-state index in [0.29, 0.717) is 6.04 Å². The average Bonchev–Trinajstić information content (AvgIpc) is 2.59. The Morgan fingerprint density at radius 1 is 1.41 bits per heavy atom. The second-order valence-electron chi connectivity index (χ2n) is 5.21. The molecule has 17 heavy (non-hydrogen) atoms. The Bertz CT molecular complexity index is 381. The van der Waals surface area contributed by atoms with Crippen molar-refractivity contribution < 1.29 is 0 Å². The molecule has 1 saturated heterocycles. The third kappa shape index (κ3) is 3.27. The van der Waals surface area contributed by atoms with Crippen molar-refractivity contribution in [1.82, 2.24) is 14.8 Å². The molecule has 2 atom stereocenters. The maximum Gasteiger partial charge on any atom is 0.0410 e. The highest BCUT2D eigenvalue weighted by molar-refractivity contribution is 9.10. The van der Waals surface area contributed by atoms with Gasteiger partial charge in [-0.1, -0.05) is 6.92 Å². The smallest absolute Gasteiger partial charge is 0.0410 e. The molecule has 3 nitrogen and oxygen atoms in total. The Morgan fingerprint density at radius 3 is 2.76 bits per heavy atom. The Labute approximate surface area is 112 Å². The van der Waals surface area contributed by atoms with E-state index in [2.05, 4.69) is 57.8 Å². The van der Waals surface area contributed by atoms with Crippen molar-refractivity contribution in [3.8, 4) is 0 Å². The lowest BCUT2D eigenvalue weighted by Gasteiger charge is -2.22. The second kappa shape index (κ2) is 5.46. The molecule has 0 aromatic carbocycles. The van der Waals surface area contributed by atoms with E-state index in [9.17, 15) is 0 Å². The average molecular weight is 298 g/mol. The number of hydrogen-bond acceptors (Lipinski definition) is 3. The van der Waals surface area contributed by atoms with Crippen molar-refractivity contribution in [2.45, 2.75) is 19.5 Å². The van der Waals surface area contributed by atoms with Crippen LogP contribution in [0, 0.1) is 5.92 Å². The molecule has 0 spiro atoms. The second-order valence-corrected chi connectivity index (χ2v) is 6.13. The van der Waals surface area contributed by atoms with Gasteiger partial charge in [-0.25, -0.2) is 0 Å². The van der Waals surface area contributed by atoms with Gasteiger partial charge < -0.3 is 4.90 Å². The van der Waals surface area contributed by atoms with Crippen molar-refractivity contribution in [3.63, 3.8) is 0 Å². The first-order chi connectivity index (χ1) is 8.06. The lowest BCUT2D eigenvalue weighted by atomic mass is 10.1. The molecule has 1 aliphatic heterocycles. The molecule has 0 aliphatic carbocycles. The number of halogens is 1. The van der Waals surface area contributed by atoms with E-state index in [1.165, 1.54) is 12.1 Å². The molecule has 0 radical (unpaired) electrons. The van der Waals surface area contributed by atoms with Crippen molar-refractivity contribution in [3.05, 3.63) is 28.5 Å². The molecule has 1 fully saturated rings. The zero-order valence-electron chi connectivity index (χ0n) is 10.7.